The van der Waals surface area contributed by atoms with Crippen molar-refractivity contribution in [3.05, 3.63) is 164 Å². The van der Waals surface area contributed by atoms with Crippen LogP contribution in [0.5, 0.6) is 0 Å². The minimum absolute atomic E-state index is 0. The van der Waals surface area contributed by atoms with Gasteiger partial charge >= 0.3 is 0 Å². The number of nitrogens with zero attached hydrogens (tertiary/aromatic N) is 3. The molecule has 0 saturated heterocycles. The van der Waals surface area contributed by atoms with Gasteiger partial charge in [0, 0.05) is 55.1 Å². The molecule has 182 valence electrons. The standard InChI is InChI=1S/3C11H9N.Os/c3*1-2-6-10(7-3-1)11-8-4-5-9-12-11;/h3*1-9H;. The smallest absolute Gasteiger partial charge is 0.0701 e. The van der Waals surface area contributed by atoms with Crippen LogP contribution in [-0.2, 0) is 19.8 Å². The van der Waals surface area contributed by atoms with Gasteiger partial charge in [0.15, 0.2) is 0 Å². The first-order valence-corrected chi connectivity index (χ1v) is 11.8. The molecule has 3 aromatic heterocycles. The fourth-order valence-corrected chi connectivity index (χ4v) is 3.43. The summed E-state index contributed by atoms with van der Waals surface area (Å²) in [7, 11) is 0. The second-order valence-electron chi connectivity index (χ2n) is 7.74. The molecule has 37 heavy (non-hydrogen) atoms. The Balaban J connectivity index is 0.000000152. The molecule has 6 aromatic rings. The zero-order valence-electron chi connectivity index (χ0n) is 20.3. The number of hydrogen-bond acceptors (Lipinski definition) is 3. The van der Waals surface area contributed by atoms with E-state index in [0.29, 0.717) is 0 Å². The maximum atomic E-state index is 4.25. The van der Waals surface area contributed by atoms with Crippen LogP contribution in [0.15, 0.2) is 164 Å². The maximum Gasteiger partial charge on any atom is 0.0701 e. The number of hydrogen-bond donors (Lipinski definition) is 0. The predicted octanol–water partition coefficient (Wildman–Crippen LogP) is 8.24. The predicted molar refractivity (Wildman–Crippen MR) is 149 cm³/mol. The molecule has 0 aliphatic rings. The summed E-state index contributed by atoms with van der Waals surface area (Å²) in [5, 5.41) is 0. The molecule has 0 aliphatic carbocycles. The molecule has 0 atom stereocenters. The number of rotatable bonds is 3. The fourth-order valence-electron chi connectivity index (χ4n) is 3.43. The van der Waals surface area contributed by atoms with Gasteiger partial charge in [0.2, 0.25) is 0 Å². The van der Waals surface area contributed by atoms with Gasteiger partial charge in [-0.1, -0.05) is 109 Å². The van der Waals surface area contributed by atoms with Gasteiger partial charge in [-0.2, -0.15) is 0 Å². The second kappa shape index (κ2) is 15.7. The van der Waals surface area contributed by atoms with Crippen molar-refractivity contribution in [1.82, 2.24) is 15.0 Å². The van der Waals surface area contributed by atoms with Crippen LogP contribution in [0.1, 0.15) is 0 Å². The van der Waals surface area contributed by atoms with Gasteiger partial charge in [-0.25, -0.2) is 0 Å². The Morgan fingerprint density at radius 2 is 0.514 bits per heavy atom. The first-order valence-electron chi connectivity index (χ1n) is 11.8. The van der Waals surface area contributed by atoms with Crippen LogP contribution in [0, 0.1) is 0 Å². The molecule has 3 nitrogen and oxygen atoms in total. The van der Waals surface area contributed by atoms with Crippen LogP contribution in [0.25, 0.3) is 33.8 Å². The molecule has 0 aliphatic heterocycles. The third kappa shape index (κ3) is 9.04. The van der Waals surface area contributed by atoms with Gasteiger partial charge < -0.3 is 0 Å². The van der Waals surface area contributed by atoms with E-state index >= 15 is 0 Å². The van der Waals surface area contributed by atoms with Crippen molar-refractivity contribution in [2.75, 3.05) is 0 Å². The molecule has 3 aromatic carbocycles. The Bertz CT molecular complexity index is 1090. The van der Waals surface area contributed by atoms with Crippen molar-refractivity contribution in [2.24, 2.45) is 0 Å². The van der Waals surface area contributed by atoms with Gasteiger partial charge in [-0.3, -0.25) is 15.0 Å². The van der Waals surface area contributed by atoms with Gasteiger partial charge in [0.25, 0.3) is 0 Å². The van der Waals surface area contributed by atoms with Crippen molar-refractivity contribution in [3.63, 3.8) is 0 Å². The Hall–Kier alpha value is -4.25. The van der Waals surface area contributed by atoms with E-state index in [1.807, 2.05) is 128 Å². The largest absolute Gasteiger partial charge is 0.256 e. The van der Waals surface area contributed by atoms with Crippen LogP contribution >= 0.6 is 0 Å². The summed E-state index contributed by atoms with van der Waals surface area (Å²) >= 11 is 0. The topological polar surface area (TPSA) is 38.7 Å². The Labute approximate surface area is 232 Å². The van der Waals surface area contributed by atoms with Gasteiger partial charge in [-0.05, 0) is 36.4 Å². The number of aromatic nitrogens is 3. The summed E-state index contributed by atoms with van der Waals surface area (Å²) in [5.74, 6) is 0. The van der Waals surface area contributed by atoms with E-state index in [4.69, 9.17) is 0 Å². The van der Waals surface area contributed by atoms with Crippen LogP contribution in [-0.4, -0.2) is 15.0 Å². The summed E-state index contributed by atoms with van der Waals surface area (Å²) in [6.45, 7) is 0. The van der Waals surface area contributed by atoms with Crippen molar-refractivity contribution in [2.45, 2.75) is 0 Å². The number of pyridine rings is 3. The average Bonchev–Trinajstić information content (AvgIpc) is 3.01. The van der Waals surface area contributed by atoms with E-state index in [1.54, 1.807) is 0 Å². The first kappa shape index (κ1) is 27.3. The Morgan fingerprint density at radius 3 is 0.730 bits per heavy atom. The minimum Gasteiger partial charge on any atom is -0.256 e. The maximum absolute atomic E-state index is 4.25. The Kier molecular flexibility index (Phi) is 11.6. The summed E-state index contributed by atoms with van der Waals surface area (Å²) in [6.07, 6.45) is 5.42. The molecule has 0 fully saturated rings. The molecule has 0 radical (unpaired) electrons. The average molecular weight is 656 g/mol. The van der Waals surface area contributed by atoms with E-state index in [-0.39, 0.29) is 19.8 Å². The van der Waals surface area contributed by atoms with Crippen LogP contribution in [0.2, 0.25) is 0 Å². The van der Waals surface area contributed by atoms with E-state index < -0.39 is 0 Å². The van der Waals surface area contributed by atoms with E-state index in [1.165, 1.54) is 0 Å². The van der Waals surface area contributed by atoms with Crippen LogP contribution in [0.4, 0.5) is 0 Å². The van der Waals surface area contributed by atoms with Gasteiger partial charge in [0.1, 0.15) is 0 Å². The summed E-state index contributed by atoms with van der Waals surface area (Å²) in [5.41, 5.74) is 6.57. The second-order valence-corrected chi connectivity index (χ2v) is 7.74. The zero-order chi connectivity index (χ0) is 24.7. The van der Waals surface area contributed by atoms with E-state index in [9.17, 15) is 0 Å². The molecule has 0 spiro atoms. The van der Waals surface area contributed by atoms with Crippen molar-refractivity contribution in [3.8, 4) is 33.8 Å². The zero-order valence-corrected chi connectivity index (χ0v) is 22.8. The van der Waals surface area contributed by atoms with Gasteiger partial charge in [0.05, 0.1) is 17.1 Å². The SMILES string of the molecule is [Os].c1ccc(-c2ccccn2)cc1.c1ccc(-c2ccccn2)cc1.c1ccc(-c2ccccn2)cc1. The molecule has 0 bridgehead atoms. The monoisotopic (exact) mass is 657 g/mol. The Morgan fingerprint density at radius 1 is 0.270 bits per heavy atom. The normalized spacial score (nSPS) is 9.41. The van der Waals surface area contributed by atoms with E-state index in [2.05, 4.69) is 51.4 Å². The molecular formula is C33H27N3Os. The van der Waals surface area contributed by atoms with E-state index in [0.717, 1.165) is 33.8 Å². The third-order valence-corrected chi connectivity index (χ3v) is 5.20. The third-order valence-electron chi connectivity index (χ3n) is 5.20. The summed E-state index contributed by atoms with van der Waals surface area (Å²) in [4.78, 5) is 12.7. The first-order chi connectivity index (χ1) is 17.9. The molecule has 0 unspecified atom stereocenters. The van der Waals surface area contributed by atoms with Crippen LogP contribution < -0.4 is 0 Å². The molecule has 0 saturated carbocycles. The van der Waals surface area contributed by atoms with Crippen LogP contribution in [0.3, 0.4) is 0 Å². The number of benzene rings is 3. The molecule has 4 heteroatoms. The molecular weight excluding hydrogens is 629 g/mol. The van der Waals surface area contributed by atoms with Crippen molar-refractivity contribution in [1.29, 1.82) is 0 Å². The minimum atomic E-state index is 0. The quantitative estimate of drug-likeness (QED) is 0.193. The van der Waals surface area contributed by atoms with Crippen molar-refractivity contribution >= 4 is 0 Å². The summed E-state index contributed by atoms with van der Waals surface area (Å²) in [6, 6.07) is 48.3. The van der Waals surface area contributed by atoms with Crippen molar-refractivity contribution < 1.29 is 19.8 Å². The fraction of sp³-hybridized carbons (Fsp3) is 0. The molecule has 3 heterocycles. The van der Waals surface area contributed by atoms with Gasteiger partial charge in [-0.15, -0.1) is 0 Å². The molecule has 0 N–H and O–H groups in total. The molecule has 0 amide bonds. The summed E-state index contributed by atoms with van der Waals surface area (Å²) < 4.78 is 0. The molecule has 6 rings (SSSR count).